The molecule has 272 valence electrons. The summed E-state index contributed by atoms with van der Waals surface area (Å²) in [6.07, 6.45) is -3.14. The molecule has 0 saturated heterocycles. The molecule has 51 heavy (non-hydrogen) atoms. The average molecular weight is 727 g/mol. The lowest BCUT2D eigenvalue weighted by atomic mass is 9.95. The van der Waals surface area contributed by atoms with Crippen molar-refractivity contribution in [3.8, 4) is 0 Å². The van der Waals surface area contributed by atoms with Crippen LogP contribution >= 0.6 is 0 Å². The minimum Gasteiger partial charge on any atom is -0.480 e. The lowest BCUT2D eigenvalue weighted by molar-refractivity contribution is -0.152. The maximum atomic E-state index is 13.0. The first-order chi connectivity index (χ1) is 24.1. The van der Waals surface area contributed by atoms with Gasteiger partial charge in [-0.15, -0.1) is 0 Å². The number of carboxylic acids is 1. The number of carboxylic acid groups (broad SMARTS) is 1. The number of carbonyl (C=O) groups is 5. The van der Waals surface area contributed by atoms with E-state index < -0.39 is 77.7 Å². The van der Waals surface area contributed by atoms with E-state index in [0.29, 0.717) is 11.1 Å². The molecule has 3 rings (SSSR count). The summed E-state index contributed by atoms with van der Waals surface area (Å²) in [4.78, 5) is 65.5. The number of nitrogens with zero attached hydrogens (tertiary/aromatic N) is 1. The van der Waals surface area contributed by atoms with Gasteiger partial charge < -0.3 is 24.1 Å². The number of guanidine groups is 1. The normalized spacial score (nSPS) is 12.6. The van der Waals surface area contributed by atoms with E-state index in [1.54, 1.807) is 79.7 Å². The van der Waals surface area contributed by atoms with E-state index in [2.05, 4.69) is 20.3 Å². The maximum absolute atomic E-state index is 13.0. The summed E-state index contributed by atoms with van der Waals surface area (Å²) in [6.45, 7) is 2.66. The van der Waals surface area contributed by atoms with Crippen LogP contribution in [0.15, 0.2) is 94.8 Å². The van der Waals surface area contributed by atoms with E-state index in [9.17, 15) is 37.5 Å². The fourth-order valence-electron chi connectivity index (χ4n) is 4.39. The minimum atomic E-state index is -4.31. The molecule has 16 nitrogen and oxygen atoms in total. The third kappa shape index (κ3) is 13.9. The Hall–Kier alpha value is -5.81. The number of alkyl carbamates (subject to hydrolysis) is 2. The third-order valence-corrected chi connectivity index (χ3v) is 8.47. The largest absolute Gasteiger partial charge is 0.480 e. The van der Waals surface area contributed by atoms with Gasteiger partial charge in [-0.05, 0) is 50.5 Å². The lowest BCUT2D eigenvalue weighted by Gasteiger charge is -2.28. The molecule has 2 amide bonds. The van der Waals surface area contributed by atoms with Gasteiger partial charge in [0.05, 0.1) is 23.8 Å². The van der Waals surface area contributed by atoms with Crippen LogP contribution in [0, 0.1) is 6.92 Å². The van der Waals surface area contributed by atoms with Crippen molar-refractivity contribution in [3.63, 3.8) is 0 Å². The van der Waals surface area contributed by atoms with Crippen molar-refractivity contribution in [1.29, 1.82) is 0 Å². The van der Waals surface area contributed by atoms with Crippen molar-refractivity contribution in [2.45, 2.75) is 56.5 Å². The summed E-state index contributed by atoms with van der Waals surface area (Å²) in [5.41, 5.74) is 0.00780. The van der Waals surface area contributed by atoms with Crippen LogP contribution in [0.3, 0.4) is 0 Å². The van der Waals surface area contributed by atoms with Gasteiger partial charge in [0, 0.05) is 0 Å². The van der Waals surface area contributed by atoms with Gasteiger partial charge in [0.1, 0.15) is 5.54 Å². The molecule has 0 fully saturated rings. The highest BCUT2D eigenvalue weighted by Gasteiger charge is 2.39. The highest BCUT2D eigenvalue weighted by Crippen LogP contribution is 2.20. The number of amides is 2. The van der Waals surface area contributed by atoms with Gasteiger partial charge in [-0.1, -0.05) is 78.4 Å². The Morgan fingerprint density at radius 3 is 1.63 bits per heavy atom. The van der Waals surface area contributed by atoms with Gasteiger partial charge in [-0.2, -0.15) is 4.72 Å². The molecule has 3 aromatic carbocycles. The standard InChI is InChI=1S/C34H38N4O12S/c1-23-14-16-27(17-15-23)51(45,46)38-34(3,30(41)42)20-24(2)35-31(36-32(43)49-21-47-28(39)18-25-10-6-4-7-11-25)37-33(44)50-22-48-29(40)19-26-12-8-5-9-13-26/h4-17,24,38H,18-22H2,1-3H3,(H,41,42)(H2,35,36,37,43,44)/t24?,34-/m0/s1. The zero-order chi connectivity index (χ0) is 37.4. The Bertz CT molecular complexity index is 1730. The van der Waals surface area contributed by atoms with Crippen molar-refractivity contribution in [3.05, 3.63) is 102 Å². The SMILES string of the molecule is Cc1ccc(S(=O)(=O)N[C@@](C)(CC(C)N=C(NC(=O)OCOC(=O)Cc2ccccc2)NC(=O)OCOC(=O)Cc2ccccc2)C(=O)O)cc1. The van der Waals surface area contributed by atoms with Crippen LogP contribution in [0.1, 0.15) is 37.0 Å². The number of hydrogen-bond donors (Lipinski definition) is 4. The maximum Gasteiger partial charge on any atom is 0.416 e. The monoisotopic (exact) mass is 726 g/mol. The molecule has 1 unspecified atom stereocenters. The Labute approximate surface area is 294 Å². The molecule has 0 aliphatic carbocycles. The molecule has 0 bridgehead atoms. The van der Waals surface area contributed by atoms with Gasteiger partial charge in [-0.25, -0.2) is 23.0 Å². The number of aliphatic carboxylic acids is 1. The number of rotatable bonds is 15. The van der Waals surface area contributed by atoms with Crippen LogP contribution < -0.4 is 15.4 Å². The van der Waals surface area contributed by atoms with Crippen molar-refractivity contribution < 1.29 is 56.4 Å². The summed E-state index contributed by atoms with van der Waals surface area (Å²) in [5.74, 6) is -3.53. The molecule has 0 spiro atoms. The molecule has 17 heteroatoms. The Morgan fingerprint density at radius 2 is 1.20 bits per heavy atom. The van der Waals surface area contributed by atoms with Crippen molar-refractivity contribution in [2.24, 2.45) is 4.99 Å². The summed E-state index contributed by atoms with van der Waals surface area (Å²) >= 11 is 0. The van der Waals surface area contributed by atoms with Crippen molar-refractivity contribution in [2.75, 3.05) is 13.6 Å². The lowest BCUT2D eigenvalue weighted by Crippen LogP contribution is -2.53. The quantitative estimate of drug-likeness (QED) is 0.0767. The van der Waals surface area contributed by atoms with Crippen LogP contribution in [0.2, 0.25) is 0 Å². The first-order valence-electron chi connectivity index (χ1n) is 15.3. The highest BCUT2D eigenvalue weighted by molar-refractivity contribution is 7.89. The summed E-state index contributed by atoms with van der Waals surface area (Å²) in [5, 5.41) is 14.2. The molecule has 4 N–H and O–H groups in total. The summed E-state index contributed by atoms with van der Waals surface area (Å²) < 4.78 is 47.8. The number of nitrogens with one attached hydrogen (secondary N) is 3. The van der Waals surface area contributed by atoms with Crippen LogP contribution in [-0.4, -0.2) is 74.7 Å². The number of esters is 2. The molecule has 0 radical (unpaired) electrons. The fourth-order valence-corrected chi connectivity index (χ4v) is 5.76. The third-order valence-electron chi connectivity index (χ3n) is 6.86. The van der Waals surface area contributed by atoms with Crippen LogP contribution in [0.25, 0.3) is 0 Å². The number of aliphatic imine (C=N–C) groups is 1. The number of hydrogen-bond acceptors (Lipinski definition) is 12. The van der Waals surface area contributed by atoms with Gasteiger partial charge >= 0.3 is 30.1 Å². The van der Waals surface area contributed by atoms with Crippen LogP contribution in [0.5, 0.6) is 0 Å². The molecule has 0 saturated carbocycles. The van der Waals surface area contributed by atoms with Crippen LogP contribution in [-0.2, 0) is 56.2 Å². The Balaban J connectivity index is 1.67. The van der Waals surface area contributed by atoms with E-state index in [1.807, 2.05) is 0 Å². The zero-order valence-corrected chi connectivity index (χ0v) is 28.8. The van der Waals surface area contributed by atoms with Crippen LogP contribution in [0.4, 0.5) is 9.59 Å². The van der Waals surface area contributed by atoms with Gasteiger partial charge in [0.25, 0.3) is 0 Å². The predicted molar refractivity (Wildman–Crippen MR) is 180 cm³/mol. The van der Waals surface area contributed by atoms with Gasteiger partial charge in [0.15, 0.2) is 0 Å². The highest BCUT2D eigenvalue weighted by atomic mass is 32.2. The molecule has 3 aromatic rings. The number of ether oxygens (including phenoxy) is 4. The average Bonchev–Trinajstić information content (AvgIpc) is 3.05. The summed E-state index contributed by atoms with van der Waals surface area (Å²) in [6, 6.07) is 22.0. The van der Waals surface area contributed by atoms with E-state index in [4.69, 9.17) is 18.9 Å². The smallest absolute Gasteiger partial charge is 0.416 e. The number of sulfonamides is 1. The van der Waals surface area contributed by atoms with E-state index in [-0.39, 0.29) is 17.7 Å². The Kier molecular flexibility index (Phi) is 14.6. The molecule has 0 aliphatic heterocycles. The minimum absolute atomic E-state index is 0.0879. The van der Waals surface area contributed by atoms with Gasteiger partial charge in [-0.3, -0.25) is 25.0 Å². The molecular weight excluding hydrogens is 688 g/mol. The summed E-state index contributed by atoms with van der Waals surface area (Å²) in [7, 11) is -4.31. The number of carbonyl (C=O) groups excluding carboxylic acids is 4. The fraction of sp³-hybridized carbons (Fsp3) is 0.294. The van der Waals surface area contributed by atoms with Crippen molar-refractivity contribution >= 4 is 46.1 Å². The second kappa shape index (κ2) is 18.8. The molecule has 2 atom stereocenters. The second-order valence-corrected chi connectivity index (χ2v) is 13.0. The first kappa shape index (κ1) is 39.6. The first-order valence-corrected chi connectivity index (χ1v) is 16.8. The van der Waals surface area contributed by atoms with E-state index >= 15 is 0 Å². The van der Waals surface area contributed by atoms with E-state index in [1.165, 1.54) is 19.1 Å². The molecule has 0 heterocycles. The van der Waals surface area contributed by atoms with Crippen molar-refractivity contribution in [1.82, 2.24) is 15.4 Å². The molecule has 0 aromatic heterocycles. The van der Waals surface area contributed by atoms with E-state index in [0.717, 1.165) is 12.5 Å². The topological polar surface area (TPSA) is 225 Å². The second-order valence-electron chi connectivity index (χ2n) is 11.3. The predicted octanol–water partition coefficient (Wildman–Crippen LogP) is 3.19. The zero-order valence-electron chi connectivity index (χ0n) is 28.0. The number of benzene rings is 3. The Morgan fingerprint density at radius 1 is 0.745 bits per heavy atom. The molecular formula is C34H38N4O12S. The molecule has 0 aliphatic rings. The van der Waals surface area contributed by atoms with Gasteiger partial charge in [0.2, 0.25) is 29.6 Å². The number of aryl methyl sites for hydroxylation is 1.